The Hall–Kier alpha value is -1.88. The van der Waals surface area contributed by atoms with Gasteiger partial charge in [0.15, 0.2) is 0 Å². The molecule has 0 aliphatic rings. The number of rotatable bonds is 6. The summed E-state index contributed by atoms with van der Waals surface area (Å²) in [4.78, 5) is 24.9. The highest BCUT2D eigenvalue weighted by Gasteiger charge is 2.13. The van der Waals surface area contributed by atoms with E-state index in [1.165, 1.54) is 7.11 Å². The van der Waals surface area contributed by atoms with Crippen LogP contribution in [0.2, 0.25) is 0 Å². The third-order valence-electron chi connectivity index (χ3n) is 3.05. The maximum absolute atomic E-state index is 12.0. The molecule has 110 valence electrons. The molecule has 0 heterocycles. The number of methoxy groups -OCH3 is 1. The summed E-state index contributed by atoms with van der Waals surface area (Å²) in [5.74, 6) is -0.478. The molecular formula is C15H22N2O3. The van der Waals surface area contributed by atoms with Crippen LogP contribution in [-0.4, -0.2) is 43.5 Å². The van der Waals surface area contributed by atoms with Gasteiger partial charge in [-0.25, -0.2) is 0 Å². The maximum Gasteiger partial charge on any atom is 0.319 e. The second-order valence-electron chi connectivity index (χ2n) is 4.75. The van der Waals surface area contributed by atoms with Gasteiger partial charge in [0, 0.05) is 5.69 Å². The summed E-state index contributed by atoms with van der Waals surface area (Å²) in [6, 6.07) is 5.86. The van der Waals surface area contributed by atoms with Gasteiger partial charge in [-0.2, -0.15) is 0 Å². The van der Waals surface area contributed by atoms with Crippen molar-refractivity contribution in [2.45, 2.75) is 20.8 Å². The van der Waals surface area contributed by atoms with E-state index in [9.17, 15) is 9.59 Å². The minimum atomic E-state index is -0.342. The number of carbonyl (C=O) groups excluding carboxylic acids is 2. The van der Waals surface area contributed by atoms with E-state index in [-0.39, 0.29) is 25.0 Å². The number of hydrogen-bond acceptors (Lipinski definition) is 4. The van der Waals surface area contributed by atoms with Gasteiger partial charge >= 0.3 is 5.97 Å². The summed E-state index contributed by atoms with van der Waals surface area (Å²) < 4.78 is 4.60. The number of nitrogens with one attached hydrogen (secondary N) is 1. The summed E-state index contributed by atoms with van der Waals surface area (Å²) in [5.41, 5.74) is 2.98. The van der Waals surface area contributed by atoms with Crippen molar-refractivity contribution in [3.05, 3.63) is 29.3 Å². The second kappa shape index (κ2) is 7.65. The Morgan fingerprint density at radius 3 is 2.50 bits per heavy atom. The van der Waals surface area contributed by atoms with Crippen LogP contribution >= 0.6 is 0 Å². The number of amides is 1. The zero-order valence-electron chi connectivity index (χ0n) is 12.5. The molecule has 0 unspecified atom stereocenters. The molecule has 0 aliphatic carbocycles. The molecule has 0 radical (unpaired) electrons. The number of benzene rings is 1. The van der Waals surface area contributed by atoms with E-state index >= 15 is 0 Å². The summed E-state index contributed by atoms with van der Waals surface area (Å²) in [6.07, 6.45) is 0. The number of likely N-dealkylation sites (N-methyl/N-ethyl adjacent to an activating group) is 1. The van der Waals surface area contributed by atoms with Gasteiger partial charge in [0.25, 0.3) is 0 Å². The molecule has 0 atom stereocenters. The van der Waals surface area contributed by atoms with E-state index in [2.05, 4.69) is 10.1 Å². The molecule has 1 N–H and O–H groups in total. The monoisotopic (exact) mass is 278 g/mol. The van der Waals surface area contributed by atoms with Crippen molar-refractivity contribution in [1.29, 1.82) is 0 Å². The number of nitrogens with zero attached hydrogens (tertiary/aromatic N) is 1. The number of carbonyl (C=O) groups is 2. The van der Waals surface area contributed by atoms with Gasteiger partial charge in [-0.3, -0.25) is 14.5 Å². The average molecular weight is 278 g/mol. The van der Waals surface area contributed by atoms with Gasteiger partial charge in [-0.05, 0) is 32.0 Å². The molecule has 0 aliphatic heterocycles. The van der Waals surface area contributed by atoms with Crippen molar-refractivity contribution in [3.63, 3.8) is 0 Å². The second-order valence-corrected chi connectivity index (χ2v) is 4.75. The molecule has 1 aromatic rings. The predicted octanol–water partition coefficient (Wildman–Crippen LogP) is 1.74. The van der Waals surface area contributed by atoms with Gasteiger partial charge in [-0.1, -0.05) is 24.6 Å². The van der Waals surface area contributed by atoms with Crippen LogP contribution < -0.4 is 5.32 Å². The smallest absolute Gasteiger partial charge is 0.319 e. The first-order chi connectivity index (χ1) is 9.46. The number of hydrogen-bond donors (Lipinski definition) is 1. The van der Waals surface area contributed by atoms with E-state index in [1.807, 2.05) is 39.0 Å². The Bertz CT molecular complexity index is 486. The molecule has 0 bridgehead atoms. The summed E-state index contributed by atoms with van der Waals surface area (Å²) >= 11 is 0. The Balaban J connectivity index is 2.59. The molecule has 0 spiro atoms. The van der Waals surface area contributed by atoms with Gasteiger partial charge in [0.2, 0.25) is 5.91 Å². The number of aryl methyl sites for hydroxylation is 2. The van der Waals surface area contributed by atoms with Crippen LogP contribution in [0.25, 0.3) is 0 Å². The molecule has 1 aromatic carbocycles. The lowest BCUT2D eigenvalue weighted by Gasteiger charge is -2.18. The summed E-state index contributed by atoms with van der Waals surface area (Å²) in [7, 11) is 1.34. The van der Waals surface area contributed by atoms with Crippen LogP contribution in [-0.2, 0) is 14.3 Å². The van der Waals surface area contributed by atoms with E-state index in [0.717, 1.165) is 16.8 Å². The molecule has 1 amide bonds. The molecule has 0 saturated heterocycles. The zero-order chi connectivity index (χ0) is 15.1. The third kappa shape index (κ3) is 5.01. The highest BCUT2D eigenvalue weighted by molar-refractivity contribution is 5.93. The Morgan fingerprint density at radius 2 is 1.95 bits per heavy atom. The van der Waals surface area contributed by atoms with Gasteiger partial charge in [0.1, 0.15) is 0 Å². The fourth-order valence-corrected chi connectivity index (χ4v) is 1.87. The summed E-state index contributed by atoms with van der Waals surface area (Å²) in [6.45, 7) is 6.75. The minimum absolute atomic E-state index is 0.118. The van der Waals surface area contributed by atoms with Gasteiger partial charge < -0.3 is 10.1 Å². The van der Waals surface area contributed by atoms with Crippen molar-refractivity contribution >= 4 is 17.6 Å². The molecule has 0 fully saturated rings. The van der Waals surface area contributed by atoms with Crippen molar-refractivity contribution in [2.24, 2.45) is 0 Å². The van der Waals surface area contributed by atoms with Crippen LogP contribution in [0.4, 0.5) is 5.69 Å². The first kappa shape index (κ1) is 16.2. The first-order valence-electron chi connectivity index (χ1n) is 6.62. The Kier molecular flexibility index (Phi) is 6.18. The highest BCUT2D eigenvalue weighted by atomic mass is 16.5. The molecule has 0 saturated carbocycles. The Labute approximate surface area is 119 Å². The summed E-state index contributed by atoms with van der Waals surface area (Å²) in [5, 5.41) is 2.86. The van der Waals surface area contributed by atoms with Crippen LogP contribution in [0, 0.1) is 13.8 Å². The van der Waals surface area contributed by atoms with Crippen LogP contribution in [0.5, 0.6) is 0 Å². The zero-order valence-corrected chi connectivity index (χ0v) is 12.5. The van der Waals surface area contributed by atoms with Gasteiger partial charge in [0.05, 0.1) is 20.2 Å². The molecule has 5 nitrogen and oxygen atoms in total. The van der Waals surface area contributed by atoms with Crippen molar-refractivity contribution in [3.8, 4) is 0 Å². The Morgan fingerprint density at radius 1 is 1.25 bits per heavy atom. The van der Waals surface area contributed by atoms with Crippen molar-refractivity contribution in [2.75, 3.05) is 32.1 Å². The minimum Gasteiger partial charge on any atom is -0.468 e. The number of anilines is 1. The number of ether oxygens (including phenoxy) is 1. The molecule has 5 heteroatoms. The lowest BCUT2D eigenvalue weighted by Crippen LogP contribution is -2.37. The topological polar surface area (TPSA) is 58.6 Å². The van der Waals surface area contributed by atoms with E-state index in [4.69, 9.17) is 0 Å². The van der Waals surface area contributed by atoms with Crippen molar-refractivity contribution in [1.82, 2.24) is 4.90 Å². The number of esters is 1. The van der Waals surface area contributed by atoms with E-state index in [1.54, 1.807) is 4.90 Å². The normalized spacial score (nSPS) is 10.4. The predicted molar refractivity (Wildman–Crippen MR) is 78.7 cm³/mol. The standard InChI is InChI=1S/C15H22N2O3/c1-5-17(10-15(19)20-4)9-14(18)16-13-7-6-11(2)8-12(13)3/h6-8H,5,9-10H2,1-4H3,(H,16,18). The molecule has 1 rings (SSSR count). The lowest BCUT2D eigenvalue weighted by atomic mass is 10.1. The quantitative estimate of drug-likeness (QED) is 0.805. The SMILES string of the molecule is CCN(CC(=O)Nc1ccc(C)cc1C)CC(=O)OC. The van der Waals surface area contributed by atoms with Gasteiger partial charge in [-0.15, -0.1) is 0 Å². The molecule has 20 heavy (non-hydrogen) atoms. The highest BCUT2D eigenvalue weighted by Crippen LogP contribution is 2.15. The fraction of sp³-hybridized carbons (Fsp3) is 0.467. The van der Waals surface area contributed by atoms with Crippen LogP contribution in [0.3, 0.4) is 0 Å². The fourth-order valence-electron chi connectivity index (χ4n) is 1.87. The van der Waals surface area contributed by atoms with Crippen LogP contribution in [0.1, 0.15) is 18.1 Å². The average Bonchev–Trinajstić information content (AvgIpc) is 2.41. The van der Waals surface area contributed by atoms with Crippen LogP contribution in [0.15, 0.2) is 18.2 Å². The third-order valence-corrected chi connectivity index (χ3v) is 3.05. The largest absolute Gasteiger partial charge is 0.468 e. The lowest BCUT2D eigenvalue weighted by molar-refractivity contribution is -0.142. The maximum atomic E-state index is 12.0. The van der Waals surface area contributed by atoms with Crippen molar-refractivity contribution < 1.29 is 14.3 Å². The molecule has 0 aromatic heterocycles. The first-order valence-corrected chi connectivity index (χ1v) is 6.62. The molecular weight excluding hydrogens is 256 g/mol. The van der Waals surface area contributed by atoms with E-state index < -0.39 is 0 Å². The van der Waals surface area contributed by atoms with E-state index in [0.29, 0.717) is 6.54 Å².